The summed E-state index contributed by atoms with van der Waals surface area (Å²) in [6.45, 7) is 2.62. The van der Waals surface area contributed by atoms with Crippen molar-refractivity contribution < 1.29 is 19.1 Å². The molecule has 1 aromatic heterocycles. The second-order valence-corrected chi connectivity index (χ2v) is 3.16. The van der Waals surface area contributed by atoms with E-state index in [-0.39, 0.29) is 0 Å². The zero-order valence-electron chi connectivity index (χ0n) is 7.20. The number of esters is 2. The Hall–Kier alpha value is -1.36. The molecule has 0 aliphatic rings. The highest BCUT2D eigenvalue weighted by Gasteiger charge is 2.05. The average Bonchev–Trinajstić information content (AvgIpc) is 2.33. The first kappa shape index (κ1) is 9.73. The number of carbonyl (C=O) groups excluding carboxylic acids is 2. The summed E-state index contributed by atoms with van der Waals surface area (Å²) >= 11 is 1.20. The fourth-order valence-electron chi connectivity index (χ4n) is 0.715. The SMILES string of the molecule is CC(=O)Oc1csc(OC(C)=O)c1. The molecule has 0 aliphatic heterocycles. The monoisotopic (exact) mass is 200 g/mol. The van der Waals surface area contributed by atoms with Gasteiger partial charge in [-0.2, -0.15) is 0 Å². The van der Waals surface area contributed by atoms with Crippen LogP contribution in [0.15, 0.2) is 11.4 Å². The number of thiophene rings is 1. The predicted octanol–water partition coefficient (Wildman–Crippen LogP) is 1.60. The third-order valence-electron chi connectivity index (χ3n) is 1.06. The minimum Gasteiger partial charge on any atom is -0.426 e. The van der Waals surface area contributed by atoms with Crippen LogP contribution < -0.4 is 9.47 Å². The van der Waals surface area contributed by atoms with Crippen LogP contribution in [0.25, 0.3) is 0 Å². The summed E-state index contributed by atoms with van der Waals surface area (Å²) in [4.78, 5) is 21.0. The molecule has 1 heterocycles. The maximum Gasteiger partial charge on any atom is 0.308 e. The Morgan fingerprint density at radius 3 is 2.38 bits per heavy atom. The van der Waals surface area contributed by atoms with E-state index in [1.165, 1.54) is 31.3 Å². The molecule has 0 unspecified atom stereocenters. The highest BCUT2D eigenvalue weighted by Crippen LogP contribution is 2.28. The quantitative estimate of drug-likeness (QED) is 0.680. The van der Waals surface area contributed by atoms with Crippen LogP contribution in [-0.2, 0) is 9.59 Å². The summed E-state index contributed by atoms with van der Waals surface area (Å²) < 4.78 is 9.52. The fourth-order valence-corrected chi connectivity index (χ4v) is 1.41. The van der Waals surface area contributed by atoms with Crippen LogP contribution in [0.1, 0.15) is 13.8 Å². The van der Waals surface area contributed by atoms with E-state index in [0.717, 1.165) is 0 Å². The normalized spacial score (nSPS) is 9.38. The Bertz CT molecular complexity index is 298. The van der Waals surface area contributed by atoms with Crippen LogP contribution in [0.3, 0.4) is 0 Å². The number of hydrogen-bond donors (Lipinski definition) is 0. The van der Waals surface area contributed by atoms with Gasteiger partial charge in [-0.15, -0.1) is 11.3 Å². The molecular weight excluding hydrogens is 192 g/mol. The van der Waals surface area contributed by atoms with E-state index in [2.05, 4.69) is 0 Å². The van der Waals surface area contributed by atoms with Gasteiger partial charge in [0.15, 0.2) is 5.06 Å². The number of ether oxygens (including phenoxy) is 2. The Labute approximate surface area is 79.1 Å². The maximum absolute atomic E-state index is 10.5. The largest absolute Gasteiger partial charge is 0.426 e. The summed E-state index contributed by atoms with van der Waals surface area (Å²) in [5, 5.41) is 2.02. The number of rotatable bonds is 2. The maximum atomic E-state index is 10.5. The van der Waals surface area contributed by atoms with Crippen molar-refractivity contribution in [2.24, 2.45) is 0 Å². The van der Waals surface area contributed by atoms with Gasteiger partial charge in [0.25, 0.3) is 0 Å². The Balaban J connectivity index is 2.63. The van der Waals surface area contributed by atoms with Crippen molar-refractivity contribution in [3.05, 3.63) is 11.4 Å². The zero-order valence-corrected chi connectivity index (χ0v) is 8.01. The third kappa shape index (κ3) is 3.25. The molecule has 1 rings (SSSR count). The summed E-state index contributed by atoms with van der Waals surface area (Å²) in [7, 11) is 0. The molecule has 0 radical (unpaired) electrons. The molecule has 0 amide bonds. The van der Waals surface area contributed by atoms with Crippen molar-refractivity contribution in [1.29, 1.82) is 0 Å². The van der Waals surface area contributed by atoms with Gasteiger partial charge < -0.3 is 9.47 Å². The number of carbonyl (C=O) groups is 2. The molecule has 0 fully saturated rings. The fraction of sp³-hybridized carbons (Fsp3) is 0.250. The van der Waals surface area contributed by atoms with Gasteiger partial charge in [0.05, 0.1) is 0 Å². The minimum atomic E-state index is -0.396. The molecule has 0 saturated carbocycles. The van der Waals surface area contributed by atoms with Gasteiger partial charge in [-0.05, 0) is 0 Å². The first-order valence-electron chi connectivity index (χ1n) is 3.53. The van der Waals surface area contributed by atoms with Gasteiger partial charge in [0.2, 0.25) is 0 Å². The lowest BCUT2D eigenvalue weighted by atomic mass is 10.6. The Morgan fingerprint density at radius 2 is 1.85 bits per heavy atom. The summed E-state index contributed by atoms with van der Waals surface area (Å²) in [5.74, 6) is -0.392. The molecular formula is C8H8O4S. The zero-order chi connectivity index (χ0) is 9.84. The summed E-state index contributed by atoms with van der Waals surface area (Å²) in [6, 6.07) is 1.49. The van der Waals surface area contributed by atoms with Crippen LogP contribution in [0.5, 0.6) is 10.8 Å². The molecule has 0 spiro atoms. The van der Waals surface area contributed by atoms with Gasteiger partial charge in [0, 0.05) is 25.3 Å². The smallest absolute Gasteiger partial charge is 0.308 e. The van der Waals surface area contributed by atoms with E-state index < -0.39 is 11.9 Å². The highest BCUT2D eigenvalue weighted by molar-refractivity contribution is 7.12. The van der Waals surface area contributed by atoms with E-state index in [1.54, 1.807) is 5.38 Å². The molecule has 0 N–H and O–H groups in total. The minimum absolute atomic E-state index is 0.392. The van der Waals surface area contributed by atoms with Crippen molar-refractivity contribution in [3.8, 4) is 10.8 Å². The Morgan fingerprint density at radius 1 is 1.23 bits per heavy atom. The lowest BCUT2D eigenvalue weighted by Crippen LogP contribution is -2.01. The third-order valence-corrected chi connectivity index (χ3v) is 1.84. The van der Waals surface area contributed by atoms with Gasteiger partial charge >= 0.3 is 11.9 Å². The van der Waals surface area contributed by atoms with Crippen molar-refractivity contribution in [1.82, 2.24) is 0 Å². The molecule has 0 aliphatic carbocycles. The van der Waals surface area contributed by atoms with Crippen molar-refractivity contribution >= 4 is 23.3 Å². The molecule has 0 aromatic carbocycles. The molecule has 5 heteroatoms. The van der Waals surface area contributed by atoms with E-state index in [4.69, 9.17) is 9.47 Å². The van der Waals surface area contributed by atoms with E-state index >= 15 is 0 Å². The van der Waals surface area contributed by atoms with Gasteiger partial charge in [0.1, 0.15) is 5.75 Å². The highest BCUT2D eigenvalue weighted by atomic mass is 32.1. The average molecular weight is 200 g/mol. The van der Waals surface area contributed by atoms with Crippen LogP contribution in [0, 0.1) is 0 Å². The lowest BCUT2D eigenvalue weighted by molar-refractivity contribution is -0.132. The van der Waals surface area contributed by atoms with Crippen LogP contribution in [0.4, 0.5) is 0 Å². The van der Waals surface area contributed by atoms with Crippen molar-refractivity contribution in [2.45, 2.75) is 13.8 Å². The molecule has 13 heavy (non-hydrogen) atoms. The predicted molar refractivity (Wildman–Crippen MR) is 46.9 cm³/mol. The van der Waals surface area contributed by atoms with Gasteiger partial charge in [-0.3, -0.25) is 9.59 Å². The van der Waals surface area contributed by atoms with Crippen LogP contribution in [0.2, 0.25) is 0 Å². The first-order valence-corrected chi connectivity index (χ1v) is 4.41. The van der Waals surface area contributed by atoms with E-state index in [9.17, 15) is 9.59 Å². The molecule has 0 saturated heterocycles. The molecule has 0 bridgehead atoms. The first-order chi connectivity index (χ1) is 6.08. The second-order valence-electron chi connectivity index (χ2n) is 2.29. The van der Waals surface area contributed by atoms with E-state index in [1.807, 2.05) is 0 Å². The standard InChI is InChI=1S/C8H8O4S/c1-5(9)11-7-3-8(13-4-7)12-6(2)10/h3-4H,1-2H3. The van der Waals surface area contributed by atoms with Gasteiger partial charge in [-0.1, -0.05) is 0 Å². The van der Waals surface area contributed by atoms with E-state index in [0.29, 0.717) is 10.8 Å². The molecule has 4 nitrogen and oxygen atoms in total. The second kappa shape index (κ2) is 4.04. The van der Waals surface area contributed by atoms with Crippen molar-refractivity contribution in [3.63, 3.8) is 0 Å². The van der Waals surface area contributed by atoms with Crippen LogP contribution >= 0.6 is 11.3 Å². The number of hydrogen-bond acceptors (Lipinski definition) is 5. The molecule has 0 atom stereocenters. The summed E-state index contributed by atoms with van der Waals surface area (Å²) in [5.41, 5.74) is 0. The van der Waals surface area contributed by atoms with Crippen molar-refractivity contribution in [2.75, 3.05) is 0 Å². The molecule has 70 valence electrons. The topological polar surface area (TPSA) is 52.6 Å². The van der Waals surface area contributed by atoms with Gasteiger partial charge in [-0.25, -0.2) is 0 Å². The molecule has 1 aromatic rings. The Kier molecular flexibility index (Phi) is 3.02. The lowest BCUT2D eigenvalue weighted by Gasteiger charge is -1.94. The van der Waals surface area contributed by atoms with Crippen LogP contribution in [-0.4, -0.2) is 11.9 Å². The summed E-state index contributed by atoms with van der Waals surface area (Å²) in [6.07, 6.45) is 0.